The van der Waals surface area contributed by atoms with Crippen molar-refractivity contribution in [3.8, 4) is 6.07 Å². The van der Waals surface area contributed by atoms with Gasteiger partial charge in [0.1, 0.15) is 11.9 Å². The number of nitriles is 1. The number of hydrogen-bond acceptors (Lipinski definition) is 2. The minimum atomic E-state index is -0.234. The highest BCUT2D eigenvalue weighted by atomic mass is 127. The van der Waals surface area contributed by atoms with Crippen LogP contribution in [-0.4, -0.2) is 10.5 Å². The number of halogens is 2. The number of benzene rings is 1. The standard InChI is InChI=1S/C16H15BrIN3O/c1-16(2,3)21-9-10(8-19)6-14(21)20-15(22)12-7-11(17)4-5-13(12)18/h4-7,9H,1-3H3,(H,20,22). The van der Waals surface area contributed by atoms with Gasteiger partial charge in [0.2, 0.25) is 0 Å². The van der Waals surface area contributed by atoms with Crippen molar-refractivity contribution >= 4 is 50.2 Å². The molecule has 0 aliphatic heterocycles. The fourth-order valence-corrected chi connectivity index (χ4v) is 2.97. The van der Waals surface area contributed by atoms with Crippen LogP contribution in [0.25, 0.3) is 0 Å². The van der Waals surface area contributed by atoms with E-state index < -0.39 is 0 Å². The van der Waals surface area contributed by atoms with Crippen molar-refractivity contribution in [2.75, 3.05) is 5.32 Å². The quantitative estimate of drug-likeness (QED) is 0.643. The van der Waals surface area contributed by atoms with E-state index in [-0.39, 0.29) is 11.4 Å². The first-order valence-electron chi connectivity index (χ1n) is 6.62. The summed E-state index contributed by atoms with van der Waals surface area (Å²) < 4.78 is 3.61. The summed E-state index contributed by atoms with van der Waals surface area (Å²) in [7, 11) is 0. The first-order chi connectivity index (χ1) is 10.2. The van der Waals surface area contributed by atoms with E-state index in [4.69, 9.17) is 5.26 Å². The van der Waals surface area contributed by atoms with E-state index in [1.807, 2.05) is 37.5 Å². The Morgan fingerprint density at radius 3 is 2.64 bits per heavy atom. The number of nitrogens with zero attached hydrogens (tertiary/aromatic N) is 2. The van der Waals surface area contributed by atoms with E-state index in [0.717, 1.165) is 8.04 Å². The molecular formula is C16H15BrIN3O. The summed E-state index contributed by atoms with van der Waals surface area (Å²) in [4.78, 5) is 12.5. The third kappa shape index (κ3) is 3.70. The van der Waals surface area contributed by atoms with Gasteiger partial charge in [-0.05, 0) is 67.6 Å². The van der Waals surface area contributed by atoms with Gasteiger partial charge < -0.3 is 9.88 Å². The highest BCUT2D eigenvalue weighted by molar-refractivity contribution is 14.1. The third-order valence-corrected chi connectivity index (χ3v) is 4.52. The monoisotopic (exact) mass is 471 g/mol. The van der Waals surface area contributed by atoms with Crippen molar-refractivity contribution < 1.29 is 4.79 Å². The highest BCUT2D eigenvalue weighted by Gasteiger charge is 2.20. The molecule has 0 bridgehead atoms. The van der Waals surface area contributed by atoms with E-state index in [0.29, 0.717) is 16.9 Å². The lowest BCUT2D eigenvalue weighted by atomic mass is 10.1. The lowest BCUT2D eigenvalue weighted by Crippen LogP contribution is -2.25. The first-order valence-corrected chi connectivity index (χ1v) is 8.49. The van der Waals surface area contributed by atoms with E-state index in [2.05, 4.69) is 49.9 Å². The number of carbonyl (C=O) groups is 1. The van der Waals surface area contributed by atoms with Crippen LogP contribution in [0.3, 0.4) is 0 Å². The van der Waals surface area contributed by atoms with Gasteiger partial charge >= 0.3 is 0 Å². The Morgan fingerprint density at radius 1 is 1.36 bits per heavy atom. The molecule has 0 aliphatic rings. The van der Waals surface area contributed by atoms with Crippen LogP contribution in [-0.2, 0) is 5.54 Å². The Labute approximate surface area is 151 Å². The molecule has 1 N–H and O–H groups in total. The van der Waals surface area contributed by atoms with E-state index in [9.17, 15) is 4.79 Å². The zero-order chi connectivity index (χ0) is 16.5. The number of anilines is 1. The SMILES string of the molecule is CC(C)(C)n1cc(C#N)cc1NC(=O)c1cc(Br)ccc1I. The summed E-state index contributed by atoms with van der Waals surface area (Å²) in [5, 5.41) is 12.0. The molecule has 4 nitrogen and oxygen atoms in total. The summed E-state index contributed by atoms with van der Waals surface area (Å²) in [5.74, 6) is 0.420. The van der Waals surface area contributed by atoms with Gasteiger partial charge in [-0.25, -0.2) is 0 Å². The van der Waals surface area contributed by atoms with E-state index >= 15 is 0 Å². The maximum Gasteiger partial charge on any atom is 0.257 e. The van der Waals surface area contributed by atoms with Gasteiger partial charge in [-0.15, -0.1) is 0 Å². The second-order valence-electron chi connectivity index (χ2n) is 5.84. The largest absolute Gasteiger partial charge is 0.328 e. The topological polar surface area (TPSA) is 57.8 Å². The number of amides is 1. The van der Waals surface area contributed by atoms with Gasteiger partial charge in [0.25, 0.3) is 5.91 Å². The minimum Gasteiger partial charge on any atom is -0.328 e. The van der Waals surface area contributed by atoms with Crippen molar-refractivity contribution in [1.29, 1.82) is 5.26 Å². The fraction of sp³-hybridized carbons (Fsp3) is 0.250. The molecule has 2 rings (SSSR count). The van der Waals surface area contributed by atoms with Crippen LogP contribution in [0.5, 0.6) is 0 Å². The first kappa shape index (κ1) is 17.0. The van der Waals surface area contributed by atoms with E-state index in [1.54, 1.807) is 18.3 Å². The van der Waals surface area contributed by atoms with Gasteiger partial charge in [0.15, 0.2) is 0 Å². The Balaban J connectivity index is 2.39. The van der Waals surface area contributed by atoms with Crippen LogP contribution in [0.4, 0.5) is 5.82 Å². The fourth-order valence-electron chi connectivity index (χ4n) is 2.03. The number of hydrogen-bond donors (Lipinski definition) is 1. The molecular weight excluding hydrogens is 457 g/mol. The molecule has 0 fully saturated rings. The Bertz CT molecular complexity index is 769. The third-order valence-electron chi connectivity index (χ3n) is 3.09. The molecule has 0 radical (unpaired) electrons. The molecule has 0 spiro atoms. The Hall–Kier alpha value is -1.33. The second kappa shape index (κ2) is 6.42. The van der Waals surface area contributed by atoms with Crippen LogP contribution in [0.2, 0.25) is 0 Å². The van der Waals surface area contributed by atoms with Crippen molar-refractivity contribution in [3.05, 3.63) is 49.6 Å². The minimum absolute atomic E-state index is 0.196. The number of aromatic nitrogens is 1. The Morgan fingerprint density at radius 2 is 2.05 bits per heavy atom. The average Bonchev–Trinajstić information content (AvgIpc) is 2.84. The number of carbonyl (C=O) groups excluding carboxylic acids is 1. The molecule has 1 amide bonds. The summed E-state index contributed by atoms with van der Waals surface area (Å²) >= 11 is 5.51. The van der Waals surface area contributed by atoms with Crippen molar-refractivity contribution in [3.63, 3.8) is 0 Å². The van der Waals surface area contributed by atoms with Crippen LogP contribution in [0.1, 0.15) is 36.7 Å². The molecule has 22 heavy (non-hydrogen) atoms. The molecule has 6 heteroatoms. The van der Waals surface area contributed by atoms with Gasteiger partial charge in [0.05, 0.1) is 11.1 Å². The smallest absolute Gasteiger partial charge is 0.257 e. The summed E-state index contributed by atoms with van der Waals surface area (Å²) in [6, 6.07) is 9.36. The molecule has 0 unspecified atom stereocenters. The molecule has 0 atom stereocenters. The highest BCUT2D eigenvalue weighted by Crippen LogP contribution is 2.25. The molecule has 0 saturated carbocycles. The van der Waals surface area contributed by atoms with E-state index in [1.165, 1.54) is 0 Å². The van der Waals surface area contributed by atoms with Gasteiger partial charge in [-0.2, -0.15) is 5.26 Å². The zero-order valence-electron chi connectivity index (χ0n) is 12.4. The van der Waals surface area contributed by atoms with Crippen LogP contribution < -0.4 is 5.32 Å². The second-order valence-corrected chi connectivity index (χ2v) is 7.92. The average molecular weight is 472 g/mol. The number of rotatable bonds is 2. The maximum absolute atomic E-state index is 12.5. The zero-order valence-corrected chi connectivity index (χ0v) is 16.2. The van der Waals surface area contributed by atoms with Gasteiger partial charge in [-0.3, -0.25) is 4.79 Å². The van der Waals surface area contributed by atoms with Crippen molar-refractivity contribution in [2.45, 2.75) is 26.3 Å². The molecule has 1 aromatic heterocycles. The summed E-state index contributed by atoms with van der Waals surface area (Å²) in [6.07, 6.45) is 1.75. The van der Waals surface area contributed by atoms with Gasteiger partial charge in [-0.1, -0.05) is 15.9 Å². The lowest BCUT2D eigenvalue weighted by molar-refractivity contribution is 0.102. The normalized spacial score (nSPS) is 11.1. The predicted octanol–water partition coefficient (Wildman–Crippen LogP) is 4.73. The molecule has 114 valence electrons. The molecule has 1 aromatic carbocycles. The van der Waals surface area contributed by atoms with Crippen molar-refractivity contribution in [1.82, 2.24) is 4.57 Å². The summed E-state index contributed by atoms with van der Waals surface area (Å²) in [6.45, 7) is 6.06. The van der Waals surface area contributed by atoms with Crippen LogP contribution in [0.15, 0.2) is 34.9 Å². The molecule has 0 saturated heterocycles. The number of nitrogens with one attached hydrogen (secondary N) is 1. The molecule has 1 heterocycles. The molecule has 2 aromatic rings. The summed E-state index contributed by atoms with van der Waals surface area (Å²) in [5.41, 5.74) is 0.881. The van der Waals surface area contributed by atoms with Crippen LogP contribution in [0, 0.1) is 14.9 Å². The maximum atomic E-state index is 12.5. The lowest BCUT2D eigenvalue weighted by Gasteiger charge is -2.24. The Kier molecular flexibility index (Phi) is 4.97. The van der Waals surface area contributed by atoms with Crippen LogP contribution >= 0.6 is 38.5 Å². The van der Waals surface area contributed by atoms with Gasteiger partial charge in [0, 0.05) is 19.8 Å². The predicted molar refractivity (Wildman–Crippen MR) is 99.0 cm³/mol. The van der Waals surface area contributed by atoms with Crippen molar-refractivity contribution in [2.24, 2.45) is 0 Å². The molecule has 0 aliphatic carbocycles.